The minimum absolute atomic E-state index is 0.142. The normalized spacial score (nSPS) is 14.5. The van der Waals surface area contributed by atoms with Gasteiger partial charge in [-0.25, -0.2) is 0 Å². The Morgan fingerprint density at radius 2 is 1.67 bits per heavy atom. The van der Waals surface area contributed by atoms with Crippen molar-refractivity contribution in [2.45, 2.75) is 25.7 Å². The molecule has 4 rings (SSSR count). The number of benzene rings is 2. The number of hydrogen-bond acceptors (Lipinski definition) is 4. The van der Waals surface area contributed by atoms with Crippen LogP contribution in [0.15, 0.2) is 59.4 Å². The van der Waals surface area contributed by atoms with Gasteiger partial charge in [-0.1, -0.05) is 42.8 Å². The van der Waals surface area contributed by atoms with E-state index < -0.39 is 0 Å². The molecule has 1 aromatic heterocycles. The van der Waals surface area contributed by atoms with Gasteiger partial charge >= 0.3 is 0 Å². The van der Waals surface area contributed by atoms with Crippen LogP contribution in [0.3, 0.4) is 0 Å². The lowest BCUT2D eigenvalue weighted by atomic mass is 10.1. The van der Waals surface area contributed by atoms with E-state index in [1.54, 1.807) is 36.4 Å². The summed E-state index contributed by atoms with van der Waals surface area (Å²) in [5, 5.41) is 8.19. The van der Waals surface area contributed by atoms with Crippen molar-refractivity contribution in [2.24, 2.45) is 0 Å². The minimum Gasteiger partial charge on any atom is -0.349 e. The molecule has 0 unspecified atom stereocenters. The average Bonchev–Trinajstić information content (AvgIpc) is 2.99. The van der Waals surface area contributed by atoms with Crippen molar-refractivity contribution < 1.29 is 9.59 Å². The van der Waals surface area contributed by atoms with Gasteiger partial charge < -0.3 is 10.2 Å². The fourth-order valence-electron chi connectivity index (χ4n) is 3.76. The highest BCUT2D eigenvalue weighted by molar-refractivity contribution is 6.04. The Morgan fingerprint density at radius 3 is 2.47 bits per heavy atom. The molecule has 7 heteroatoms. The number of fused-ring (bicyclic) bond motifs is 1. The molecule has 1 aliphatic heterocycles. The molecule has 2 heterocycles. The first kappa shape index (κ1) is 19.8. The van der Waals surface area contributed by atoms with Crippen molar-refractivity contribution in [3.8, 4) is 5.69 Å². The zero-order valence-electron chi connectivity index (χ0n) is 16.7. The van der Waals surface area contributed by atoms with Crippen molar-refractivity contribution in [3.63, 3.8) is 0 Å². The van der Waals surface area contributed by atoms with E-state index in [2.05, 4.69) is 10.4 Å². The van der Waals surface area contributed by atoms with Crippen LogP contribution in [0.2, 0.25) is 0 Å². The van der Waals surface area contributed by atoms with Gasteiger partial charge in [-0.15, -0.1) is 0 Å². The lowest BCUT2D eigenvalue weighted by molar-refractivity contribution is -0.130. The SMILES string of the molecule is O=C(NCCN1CCCCCC1=O)c1nn(-c2ccccc2)c(=O)c2ccccc12. The number of carbonyl (C=O) groups is 2. The fourth-order valence-corrected chi connectivity index (χ4v) is 3.76. The first-order chi connectivity index (χ1) is 14.6. The minimum atomic E-state index is -0.363. The summed E-state index contributed by atoms with van der Waals surface area (Å²) in [6.07, 6.45) is 3.56. The number of likely N-dealkylation sites (tertiary alicyclic amines) is 1. The Hall–Kier alpha value is -3.48. The first-order valence-electron chi connectivity index (χ1n) is 10.3. The van der Waals surface area contributed by atoms with Crippen molar-refractivity contribution in [3.05, 3.63) is 70.6 Å². The van der Waals surface area contributed by atoms with E-state index in [1.807, 2.05) is 23.1 Å². The number of carbonyl (C=O) groups excluding carboxylic acids is 2. The van der Waals surface area contributed by atoms with E-state index in [-0.39, 0.29) is 23.1 Å². The molecule has 0 saturated carbocycles. The summed E-state index contributed by atoms with van der Waals surface area (Å²) >= 11 is 0. The molecule has 154 valence electrons. The smallest absolute Gasteiger partial charge is 0.279 e. The molecule has 0 atom stereocenters. The summed E-state index contributed by atoms with van der Waals surface area (Å²) < 4.78 is 1.26. The third-order valence-electron chi connectivity index (χ3n) is 5.36. The van der Waals surface area contributed by atoms with Crippen LogP contribution in [-0.4, -0.2) is 46.1 Å². The van der Waals surface area contributed by atoms with Crippen molar-refractivity contribution in [1.29, 1.82) is 0 Å². The van der Waals surface area contributed by atoms with Crippen LogP contribution in [-0.2, 0) is 4.79 Å². The predicted molar refractivity (Wildman–Crippen MR) is 115 cm³/mol. The highest BCUT2D eigenvalue weighted by atomic mass is 16.2. The Morgan fingerprint density at radius 1 is 0.933 bits per heavy atom. The lowest BCUT2D eigenvalue weighted by Crippen LogP contribution is -2.39. The van der Waals surface area contributed by atoms with E-state index >= 15 is 0 Å². The van der Waals surface area contributed by atoms with Gasteiger partial charge in [-0.3, -0.25) is 14.4 Å². The predicted octanol–water partition coefficient (Wildman–Crippen LogP) is 2.52. The van der Waals surface area contributed by atoms with Gasteiger partial charge in [-0.2, -0.15) is 9.78 Å². The molecule has 0 aliphatic carbocycles. The van der Waals surface area contributed by atoms with E-state index in [0.717, 1.165) is 25.8 Å². The zero-order valence-corrected chi connectivity index (χ0v) is 16.7. The maximum absolute atomic E-state index is 13.0. The highest BCUT2D eigenvalue weighted by Gasteiger charge is 2.19. The summed E-state index contributed by atoms with van der Waals surface area (Å²) in [5.74, 6) is -0.221. The van der Waals surface area contributed by atoms with Crippen molar-refractivity contribution in [2.75, 3.05) is 19.6 Å². The van der Waals surface area contributed by atoms with Gasteiger partial charge in [0.15, 0.2) is 5.69 Å². The van der Waals surface area contributed by atoms with Crippen LogP contribution in [0.5, 0.6) is 0 Å². The second-order valence-electron chi connectivity index (χ2n) is 7.39. The molecule has 3 aromatic rings. The maximum Gasteiger partial charge on any atom is 0.279 e. The van der Waals surface area contributed by atoms with Gasteiger partial charge in [0.25, 0.3) is 11.5 Å². The van der Waals surface area contributed by atoms with Crippen molar-refractivity contribution >= 4 is 22.6 Å². The van der Waals surface area contributed by atoms with Crippen LogP contribution in [0, 0.1) is 0 Å². The summed E-state index contributed by atoms with van der Waals surface area (Å²) in [6.45, 7) is 1.54. The van der Waals surface area contributed by atoms with Crippen LogP contribution in [0.25, 0.3) is 16.5 Å². The summed E-state index contributed by atoms with van der Waals surface area (Å²) in [6, 6.07) is 16.0. The van der Waals surface area contributed by atoms with Gasteiger partial charge in [0.1, 0.15) is 0 Å². The summed E-state index contributed by atoms with van der Waals surface area (Å²) in [4.78, 5) is 39.8. The molecule has 1 fully saturated rings. The van der Waals surface area contributed by atoms with Crippen LogP contribution < -0.4 is 10.9 Å². The second-order valence-corrected chi connectivity index (χ2v) is 7.39. The molecule has 0 radical (unpaired) electrons. The molecule has 2 amide bonds. The zero-order chi connectivity index (χ0) is 20.9. The largest absolute Gasteiger partial charge is 0.349 e. The molecular formula is C23H24N4O3. The van der Waals surface area contributed by atoms with Gasteiger partial charge in [0.05, 0.1) is 11.1 Å². The number of para-hydroxylation sites is 1. The standard InChI is InChI=1S/C23H24N4O3/c28-20-13-5-2-8-15-26(20)16-14-24-22(29)21-18-11-6-7-12-19(18)23(30)27(25-21)17-9-3-1-4-10-17/h1,3-4,6-7,9-12H,2,5,8,13-16H2,(H,24,29). The lowest BCUT2D eigenvalue weighted by Gasteiger charge is -2.20. The van der Waals surface area contributed by atoms with Gasteiger partial charge in [-0.05, 0) is 31.0 Å². The topological polar surface area (TPSA) is 84.3 Å². The molecule has 30 heavy (non-hydrogen) atoms. The third kappa shape index (κ3) is 4.10. The van der Waals surface area contributed by atoms with E-state index in [1.165, 1.54) is 4.68 Å². The maximum atomic E-state index is 13.0. The monoisotopic (exact) mass is 404 g/mol. The number of nitrogens with one attached hydrogen (secondary N) is 1. The van der Waals surface area contributed by atoms with Gasteiger partial charge in [0, 0.05) is 31.4 Å². The number of amides is 2. The van der Waals surface area contributed by atoms with Crippen molar-refractivity contribution in [1.82, 2.24) is 20.0 Å². The molecule has 1 N–H and O–H groups in total. The Balaban J connectivity index is 1.60. The average molecular weight is 404 g/mol. The number of aromatic nitrogens is 2. The quantitative estimate of drug-likeness (QED) is 0.708. The molecular weight excluding hydrogens is 380 g/mol. The van der Waals surface area contributed by atoms with E-state index in [0.29, 0.717) is 36.0 Å². The summed E-state index contributed by atoms with van der Waals surface area (Å²) in [5.41, 5.74) is 0.511. The second kappa shape index (κ2) is 8.90. The number of nitrogens with zero attached hydrogens (tertiary/aromatic N) is 3. The highest BCUT2D eigenvalue weighted by Crippen LogP contribution is 2.15. The Labute approximate surface area is 174 Å². The molecule has 2 aromatic carbocycles. The summed E-state index contributed by atoms with van der Waals surface area (Å²) in [7, 11) is 0. The third-order valence-corrected chi connectivity index (χ3v) is 5.36. The molecule has 1 aliphatic rings. The van der Waals surface area contributed by atoms with E-state index in [9.17, 15) is 14.4 Å². The van der Waals surface area contributed by atoms with E-state index in [4.69, 9.17) is 0 Å². The fraction of sp³-hybridized carbons (Fsp3) is 0.304. The van der Waals surface area contributed by atoms with Crippen LogP contribution >= 0.6 is 0 Å². The Kier molecular flexibility index (Phi) is 5.88. The number of hydrogen-bond donors (Lipinski definition) is 1. The van der Waals surface area contributed by atoms with Crippen LogP contribution in [0.1, 0.15) is 36.2 Å². The number of rotatable bonds is 5. The van der Waals surface area contributed by atoms with Crippen LogP contribution in [0.4, 0.5) is 0 Å². The molecule has 0 bridgehead atoms. The molecule has 7 nitrogen and oxygen atoms in total. The van der Waals surface area contributed by atoms with Gasteiger partial charge in [0.2, 0.25) is 5.91 Å². The first-order valence-corrected chi connectivity index (χ1v) is 10.3. The Bertz CT molecular complexity index is 1120. The molecule has 0 spiro atoms. The molecule has 1 saturated heterocycles.